The summed E-state index contributed by atoms with van der Waals surface area (Å²) < 4.78 is 2.93. The van der Waals surface area contributed by atoms with Gasteiger partial charge >= 0.3 is 0 Å². The minimum Gasteiger partial charge on any atom is -0.0836 e. The van der Waals surface area contributed by atoms with E-state index in [1.165, 1.54) is 57.6 Å². The molecule has 1 unspecified atom stereocenters. The summed E-state index contributed by atoms with van der Waals surface area (Å²) in [4.78, 5) is 5.79. The van der Waals surface area contributed by atoms with Crippen LogP contribution in [0, 0.1) is 5.92 Å². The molecule has 1 atom stereocenters. The summed E-state index contributed by atoms with van der Waals surface area (Å²) in [6, 6.07) is 4.83. The van der Waals surface area contributed by atoms with Crippen LogP contribution >= 0.6 is 47.0 Å². The first-order valence-corrected chi connectivity index (χ1v) is 12.2. The molecule has 26 heavy (non-hydrogen) atoms. The molecule has 6 rings (SSSR count). The Labute approximate surface area is 171 Å². The highest BCUT2D eigenvalue weighted by Gasteiger charge is 2.32. The van der Waals surface area contributed by atoms with Crippen molar-refractivity contribution in [3.8, 4) is 0 Å². The summed E-state index contributed by atoms with van der Waals surface area (Å²) in [6.07, 6.45) is 19.8. The summed E-state index contributed by atoms with van der Waals surface area (Å²) in [6.45, 7) is 0. The highest BCUT2D eigenvalue weighted by atomic mass is 32.2. The predicted molar refractivity (Wildman–Crippen MR) is 119 cm³/mol. The van der Waals surface area contributed by atoms with Crippen LogP contribution in [0.1, 0.15) is 24.0 Å². The normalized spacial score (nSPS) is 28.0. The Morgan fingerprint density at radius 2 is 1.73 bits per heavy atom. The molecule has 0 amide bonds. The van der Waals surface area contributed by atoms with Crippen LogP contribution in [0.2, 0.25) is 0 Å². The predicted octanol–water partition coefficient (Wildman–Crippen LogP) is 7.73. The average Bonchev–Trinajstić information content (AvgIpc) is 3.27. The molecule has 1 aromatic carbocycles. The summed E-state index contributed by atoms with van der Waals surface area (Å²) in [7, 11) is 0. The van der Waals surface area contributed by atoms with Gasteiger partial charge in [0.25, 0.3) is 0 Å². The Balaban J connectivity index is 1.33. The summed E-state index contributed by atoms with van der Waals surface area (Å²) in [5, 5.41) is 0. The smallest absolute Gasteiger partial charge is 0.0706 e. The summed E-state index contributed by atoms with van der Waals surface area (Å²) in [5.74, 6) is 0.579. The van der Waals surface area contributed by atoms with Crippen LogP contribution in [0.4, 0.5) is 0 Å². The SMILES string of the molecule is C1=CCC2C=C3S/C(=C4/Sc5cc6c(cc5S4)CCC=C6)SC3=CC2=C1. The standard InChI is InChI=1S/C22H16S4/c1-2-6-14-10-18-17(9-13(14)5-1)23-21(24-18)22-25-19-11-15-7-3-4-8-16(15)12-20(19)26-22/h1-3,5,7,9-12,14H,4,6,8H2/b22-21-. The lowest BCUT2D eigenvalue weighted by atomic mass is 9.88. The van der Waals surface area contributed by atoms with Crippen LogP contribution in [-0.4, -0.2) is 0 Å². The fourth-order valence-corrected chi connectivity index (χ4v) is 9.35. The van der Waals surface area contributed by atoms with E-state index in [1.807, 2.05) is 47.0 Å². The van der Waals surface area contributed by atoms with Gasteiger partial charge in [-0.2, -0.15) is 0 Å². The van der Waals surface area contributed by atoms with Gasteiger partial charge in [-0.05, 0) is 54.2 Å². The molecule has 1 fully saturated rings. The fraction of sp³-hybridized carbons (Fsp3) is 0.182. The molecule has 128 valence electrons. The highest BCUT2D eigenvalue weighted by molar-refractivity contribution is 8.33. The van der Waals surface area contributed by atoms with Gasteiger partial charge in [0.1, 0.15) is 0 Å². The zero-order valence-electron chi connectivity index (χ0n) is 14.0. The molecule has 0 N–H and O–H groups in total. The van der Waals surface area contributed by atoms with Gasteiger partial charge in [0.2, 0.25) is 0 Å². The lowest BCUT2D eigenvalue weighted by Crippen LogP contribution is -2.05. The van der Waals surface area contributed by atoms with Gasteiger partial charge < -0.3 is 0 Å². The average molecular weight is 409 g/mol. The van der Waals surface area contributed by atoms with E-state index in [4.69, 9.17) is 0 Å². The van der Waals surface area contributed by atoms with Gasteiger partial charge in [-0.3, -0.25) is 0 Å². The third kappa shape index (κ3) is 2.65. The zero-order chi connectivity index (χ0) is 17.1. The molecule has 0 bridgehead atoms. The zero-order valence-corrected chi connectivity index (χ0v) is 17.3. The number of rotatable bonds is 0. The second-order valence-electron chi connectivity index (χ2n) is 6.90. The van der Waals surface area contributed by atoms with E-state index in [0.717, 1.165) is 6.42 Å². The third-order valence-corrected chi connectivity index (χ3v) is 10.8. The molecule has 0 aromatic heterocycles. The van der Waals surface area contributed by atoms with Crippen molar-refractivity contribution in [3.63, 3.8) is 0 Å². The number of hydrogen-bond acceptors (Lipinski definition) is 4. The van der Waals surface area contributed by atoms with Gasteiger partial charge in [0, 0.05) is 25.5 Å². The van der Waals surface area contributed by atoms with E-state index in [-0.39, 0.29) is 0 Å². The molecular formula is C22H16S4. The Bertz CT molecular complexity index is 1020. The number of thioether (sulfide) groups is 4. The lowest BCUT2D eigenvalue weighted by Gasteiger charge is -2.20. The molecular weight excluding hydrogens is 393 g/mol. The molecule has 0 radical (unpaired) electrons. The van der Waals surface area contributed by atoms with Gasteiger partial charge in [0.05, 0.1) is 8.47 Å². The molecule has 5 aliphatic rings. The maximum absolute atomic E-state index is 2.48. The Morgan fingerprint density at radius 3 is 2.69 bits per heavy atom. The van der Waals surface area contributed by atoms with Crippen LogP contribution in [0.15, 0.2) is 82.2 Å². The van der Waals surface area contributed by atoms with Crippen molar-refractivity contribution in [3.05, 3.63) is 83.6 Å². The molecule has 0 saturated carbocycles. The molecule has 2 aliphatic heterocycles. The van der Waals surface area contributed by atoms with Gasteiger partial charge in [-0.15, -0.1) is 0 Å². The van der Waals surface area contributed by atoms with Crippen LogP contribution in [0.25, 0.3) is 6.08 Å². The van der Waals surface area contributed by atoms with Gasteiger partial charge in [-0.1, -0.05) is 83.5 Å². The molecule has 3 aliphatic carbocycles. The van der Waals surface area contributed by atoms with Gasteiger partial charge in [-0.25, -0.2) is 0 Å². The van der Waals surface area contributed by atoms with Crippen LogP contribution in [0.3, 0.4) is 0 Å². The molecule has 0 spiro atoms. The third-order valence-electron chi connectivity index (χ3n) is 5.20. The number of benzene rings is 1. The molecule has 1 aromatic rings. The molecule has 1 saturated heterocycles. The van der Waals surface area contributed by atoms with E-state index in [2.05, 4.69) is 54.7 Å². The van der Waals surface area contributed by atoms with Crippen LogP contribution < -0.4 is 0 Å². The first kappa shape index (κ1) is 16.1. The summed E-state index contributed by atoms with van der Waals surface area (Å²) in [5.41, 5.74) is 4.41. The highest BCUT2D eigenvalue weighted by Crippen LogP contribution is 2.63. The van der Waals surface area contributed by atoms with Crippen molar-refractivity contribution in [2.45, 2.75) is 29.1 Å². The van der Waals surface area contributed by atoms with Crippen molar-refractivity contribution < 1.29 is 0 Å². The lowest BCUT2D eigenvalue weighted by molar-refractivity contribution is 0.777. The van der Waals surface area contributed by atoms with Crippen molar-refractivity contribution >= 4 is 53.1 Å². The quantitative estimate of drug-likeness (QED) is 0.430. The van der Waals surface area contributed by atoms with E-state index in [1.54, 1.807) is 0 Å². The second-order valence-corrected chi connectivity index (χ2v) is 11.6. The molecule has 0 nitrogen and oxygen atoms in total. The van der Waals surface area contributed by atoms with Gasteiger partial charge in [0.15, 0.2) is 0 Å². The van der Waals surface area contributed by atoms with Crippen LogP contribution in [0.5, 0.6) is 0 Å². The summed E-state index contributed by atoms with van der Waals surface area (Å²) >= 11 is 7.88. The topological polar surface area (TPSA) is 0 Å². The first-order chi connectivity index (χ1) is 12.8. The monoisotopic (exact) mass is 408 g/mol. The van der Waals surface area contributed by atoms with Crippen molar-refractivity contribution in [2.75, 3.05) is 0 Å². The van der Waals surface area contributed by atoms with Crippen LogP contribution in [-0.2, 0) is 6.42 Å². The maximum atomic E-state index is 2.48. The fourth-order valence-electron chi connectivity index (χ4n) is 3.84. The van der Waals surface area contributed by atoms with E-state index < -0.39 is 0 Å². The van der Waals surface area contributed by atoms with Crippen molar-refractivity contribution in [1.82, 2.24) is 0 Å². The van der Waals surface area contributed by atoms with E-state index >= 15 is 0 Å². The number of hydrogen-bond donors (Lipinski definition) is 0. The van der Waals surface area contributed by atoms with E-state index in [9.17, 15) is 0 Å². The Morgan fingerprint density at radius 1 is 0.885 bits per heavy atom. The molecule has 2 heterocycles. The molecule has 4 heteroatoms. The first-order valence-electron chi connectivity index (χ1n) is 8.93. The Hall–Kier alpha value is -0.940. The minimum atomic E-state index is 0.579. The van der Waals surface area contributed by atoms with Crippen molar-refractivity contribution in [2.24, 2.45) is 5.92 Å². The maximum Gasteiger partial charge on any atom is 0.0706 e. The largest absolute Gasteiger partial charge is 0.0836 e. The minimum absolute atomic E-state index is 0.579. The second kappa shape index (κ2) is 6.30. The van der Waals surface area contributed by atoms with Crippen molar-refractivity contribution in [1.29, 1.82) is 0 Å². The number of fused-ring (bicyclic) bond motifs is 4. The van der Waals surface area contributed by atoms with E-state index in [0.29, 0.717) is 5.92 Å². The Kier molecular flexibility index (Phi) is 3.89. The number of aryl methyl sites for hydroxylation is 1. The number of allylic oxidation sites excluding steroid dienone is 7.